The Morgan fingerprint density at radius 2 is 0.547 bits per heavy atom. The molecule has 284 valence electrons. The van der Waals surface area contributed by atoms with Crippen LogP contribution in [0.2, 0.25) is 0 Å². The molecule has 20 heteroatoms. The summed E-state index contributed by atoms with van der Waals surface area (Å²) in [5.74, 6) is -34.3. The third-order valence-electron chi connectivity index (χ3n) is 6.74. The molecule has 5 aromatic rings. The SMILES string of the molecule is CC.Fc1c(F)c(F)c(-c2cccc(-c3c(F)c(F)c(F)c(F)c3F)c2Br)c(F)c1F.Fc1c(F)c(F)c(-c2cccc(C(F)(F)F)c2Br)c(F)c1F. The second-order valence-electron chi connectivity index (χ2n) is 9.67. The fraction of sp³-hybridized carbons (Fsp3) is 0.0909. The van der Waals surface area contributed by atoms with Gasteiger partial charge in [0.2, 0.25) is 17.5 Å². The van der Waals surface area contributed by atoms with Gasteiger partial charge < -0.3 is 0 Å². The van der Waals surface area contributed by atoms with Crippen LogP contribution in [0.4, 0.5) is 79.0 Å². The van der Waals surface area contributed by atoms with E-state index in [1.54, 1.807) is 0 Å². The maximum Gasteiger partial charge on any atom is 0.417 e. The number of hydrogen-bond donors (Lipinski definition) is 0. The lowest BCUT2D eigenvalue weighted by Gasteiger charge is -2.15. The topological polar surface area (TPSA) is 0 Å². The molecule has 0 nitrogen and oxygen atoms in total. The Hall–Kier alpha value is -4.20. The van der Waals surface area contributed by atoms with Gasteiger partial charge in [0.25, 0.3) is 0 Å². The molecular formula is C33H12Br2F18. The number of benzene rings is 5. The van der Waals surface area contributed by atoms with Crippen molar-refractivity contribution in [3.05, 3.63) is 138 Å². The average Bonchev–Trinajstić information content (AvgIpc) is 3.12. The van der Waals surface area contributed by atoms with Crippen molar-refractivity contribution in [3.63, 3.8) is 0 Å². The molecule has 0 fully saturated rings. The highest BCUT2D eigenvalue weighted by Gasteiger charge is 2.36. The lowest BCUT2D eigenvalue weighted by atomic mass is 9.97. The molecule has 0 aromatic heterocycles. The first-order chi connectivity index (χ1) is 24.6. The summed E-state index contributed by atoms with van der Waals surface area (Å²) >= 11 is 5.18. The largest absolute Gasteiger partial charge is 0.417 e. The van der Waals surface area contributed by atoms with Gasteiger partial charge in [0.1, 0.15) is 0 Å². The van der Waals surface area contributed by atoms with E-state index < -0.39 is 141 Å². The Bertz CT molecular complexity index is 2060. The van der Waals surface area contributed by atoms with Crippen molar-refractivity contribution in [2.45, 2.75) is 20.0 Å². The zero-order valence-electron chi connectivity index (χ0n) is 25.5. The monoisotopic (exact) mass is 908 g/mol. The lowest BCUT2D eigenvalue weighted by molar-refractivity contribution is -0.138. The molecule has 0 aliphatic carbocycles. The van der Waals surface area contributed by atoms with E-state index in [0.29, 0.717) is 6.07 Å². The van der Waals surface area contributed by atoms with Crippen molar-refractivity contribution >= 4 is 31.9 Å². The zero-order chi connectivity index (χ0) is 40.6. The maximum atomic E-state index is 14.1. The number of rotatable bonds is 3. The molecule has 5 rings (SSSR count). The first-order valence-corrected chi connectivity index (χ1v) is 15.4. The molecule has 0 bridgehead atoms. The predicted molar refractivity (Wildman–Crippen MR) is 160 cm³/mol. The van der Waals surface area contributed by atoms with Crippen LogP contribution in [0.3, 0.4) is 0 Å². The van der Waals surface area contributed by atoms with Gasteiger partial charge in [-0.25, -0.2) is 65.9 Å². The Kier molecular flexibility index (Phi) is 13.4. The van der Waals surface area contributed by atoms with Gasteiger partial charge in [0, 0.05) is 25.6 Å². The van der Waals surface area contributed by atoms with E-state index in [1.165, 1.54) is 0 Å². The number of hydrogen-bond acceptors (Lipinski definition) is 0. The first kappa shape index (κ1) is 43.2. The fourth-order valence-corrected chi connectivity index (χ4v) is 5.73. The normalized spacial score (nSPS) is 11.2. The van der Waals surface area contributed by atoms with Crippen molar-refractivity contribution in [2.75, 3.05) is 0 Å². The van der Waals surface area contributed by atoms with Crippen LogP contribution < -0.4 is 0 Å². The van der Waals surface area contributed by atoms with Crippen LogP contribution in [-0.2, 0) is 6.18 Å². The van der Waals surface area contributed by atoms with Crippen LogP contribution in [0.5, 0.6) is 0 Å². The van der Waals surface area contributed by atoms with E-state index in [-0.39, 0.29) is 0 Å². The molecule has 0 saturated carbocycles. The molecule has 0 saturated heterocycles. The summed E-state index contributed by atoms with van der Waals surface area (Å²) in [4.78, 5) is 0. The summed E-state index contributed by atoms with van der Waals surface area (Å²) in [5.41, 5.74) is -8.03. The minimum atomic E-state index is -4.88. The summed E-state index contributed by atoms with van der Waals surface area (Å²) in [6.07, 6.45) is -4.88. The highest BCUT2D eigenvalue weighted by molar-refractivity contribution is 9.11. The number of alkyl halides is 3. The standard InChI is InChI=1S/C18H3BrF10.C13H3BrF8.C2H6/c19-8-4(6-9(20)13(24)17(28)14(25)10(6)21)2-1-3-5(8)7-11(22)15(26)18(29)16(27)12(7)23;14-7-4(2-1-3-5(7)13(20,21)22)6-8(15)10(17)12(19)11(18)9(6)16;1-2/h1-3H;1-3H;1-2H3. The van der Waals surface area contributed by atoms with Crippen LogP contribution in [-0.4, -0.2) is 0 Å². The highest BCUT2D eigenvalue weighted by atomic mass is 79.9. The van der Waals surface area contributed by atoms with Gasteiger partial charge in [-0.05, 0) is 37.9 Å². The Morgan fingerprint density at radius 3 is 0.792 bits per heavy atom. The molecule has 0 spiro atoms. The second-order valence-corrected chi connectivity index (χ2v) is 11.3. The van der Waals surface area contributed by atoms with E-state index in [0.717, 1.165) is 30.3 Å². The molecule has 0 aliphatic heterocycles. The Balaban J connectivity index is 0.000000282. The minimum Gasteiger partial charge on any atom is -0.203 e. The van der Waals surface area contributed by atoms with E-state index in [4.69, 9.17) is 0 Å². The van der Waals surface area contributed by atoms with E-state index >= 15 is 0 Å². The lowest BCUT2D eigenvalue weighted by Crippen LogP contribution is -2.08. The van der Waals surface area contributed by atoms with E-state index in [2.05, 4.69) is 31.9 Å². The molecule has 0 heterocycles. The van der Waals surface area contributed by atoms with Crippen molar-refractivity contribution in [1.29, 1.82) is 0 Å². The molecule has 0 amide bonds. The number of halogens is 20. The van der Waals surface area contributed by atoms with Crippen molar-refractivity contribution < 1.29 is 79.0 Å². The molecule has 0 unspecified atom stereocenters. The van der Waals surface area contributed by atoms with Gasteiger partial charge in [0.05, 0.1) is 22.3 Å². The molecule has 0 N–H and O–H groups in total. The smallest absolute Gasteiger partial charge is 0.203 e. The van der Waals surface area contributed by atoms with Gasteiger partial charge in [-0.1, -0.05) is 44.2 Å². The minimum absolute atomic E-state index is 0.597. The summed E-state index contributed by atoms with van der Waals surface area (Å²) in [7, 11) is 0. The van der Waals surface area contributed by atoms with Gasteiger partial charge in [-0.15, -0.1) is 0 Å². The van der Waals surface area contributed by atoms with Gasteiger partial charge in [-0.2, -0.15) is 13.2 Å². The van der Waals surface area contributed by atoms with Crippen molar-refractivity contribution in [3.8, 4) is 33.4 Å². The van der Waals surface area contributed by atoms with E-state index in [1.807, 2.05) is 13.8 Å². The zero-order valence-corrected chi connectivity index (χ0v) is 28.7. The fourth-order valence-electron chi connectivity index (χ4n) is 4.39. The third kappa shape index (κ3) is 7.74. The van der Waals surface area contributed by atoms with Crippen molar-refractivity contribution in [2.24, 2.45) is 0 Å². The quantitative estimate of drug-likeness (QED) is 0.0961. The van der Waals surface area contributed by atoms with Gasteiger partial charge in [-0.3, -0.25) is 0 Å². The second kappa shape index (κ2) is 16.4. The molecule has 0 aliphatic rings. The Labute approximate surface area is 301 Å². The highest BCUT2D eigenvalue weighted by Crippen LogP contribution is 2.44. The van der Waals surface area contributed by atoms with Crippen LogP contribution in [0, 0.1) is 87.3 Å². The summed E-state index contributed by atoms with van der Waals surface area (Å²) in [5, 5.41) is 0. The average molecular weight is 910 g/mol. The van der Waals surface area contributed by atoms with E-state index in [9.17, 15) is 79.0 Å². The maximum absolute atomic E-state index is 14.1. The van der Waals surface area contributed by atoms with Crippen molar-refractivity contribution in [1.82, 2.24) is 0 Å². The predicted octanol–water partition coefficient (Wildman–Crippen LogP) is 14.0. The summed E-state index contributed by atoms with van der Waals surface area (Å²) in [6, 6.07) is 4.69. The summed E-state index contributed by atoms with van der Waals surface area (Å²) in [6.45, 7) is 4.00. The first-order valence-electron chi connectivity index (χ1n) is 13.8. The molecule has 0 atom stereocenters. The van der Waals surface area contributed by atoms with Crippen LogP contribution in [0.15, 0.2) is 45.3 Å². The van der Waals surface area contributed by atoms with Crippen LogP contribution in [0.25, 0.3) is 33.4 Å². The summed E-state index contributed by atoms with van der Waals surface area (Å²) < 4.78 is 240. The molecule has 5 aromatic carbocycles. The van der Waals surface area contributed by atoms with Crippen LogP contribution >= 0.6 is 31.9 Å². The molecule has 53 heavy (non-hydrogen) atoms. The molecule has 0 radical (unpaired) electrons. The Morgan fingerprint density at radius 1 is 0.340 bits per heavy atom. The molecular weight excluding hydrogens is 898 g/mol. The van der Waals surface area contributed by atoms with Crippen LogP contribution in [0.1, 0.15) is 19.4 Å². The third-order valence-corrected chi connectivity index (χ3v) is 8.45. The van der Waals surface area contributed by atoms with Gasteiger partial charge >= 0.3 is 6.18 Å². The van der Waals surface area contributed by atoms with Gasteiger partial charge in [0.15, 0.2) is 69.8 Å².